The molecular weight excluding hydrogens is 493 g/mol. The Bertz CT molecular complexity index is 1290. The Kier molecular flexibility index (Phi) is 5.84. The van der Waals surface area contributed by atoms with Crippen molar-refractivity contribution in [3.8, 4) is 11.8 Å². The maximum absolute atomic E-state index is 13.9. The van der Waals surface area contributed by atoms with E-state index in [-0.39, 0.29) is 29.4 Å². The fraction of sp³-hybridized carbons (Fsp3) is 0.400. The van der Waals surface area contributed by atoms with Crippen LogP contribution in [0.15, 0.2) is 36.4 Å². The number of carbonyl (C=O) groups is 1. The molecule has 1 amide bonds. The van der Waals surface area contributed by atoms with Gasteiger partial charge in [-0.2, -0.15) is 18.4 Å². The molecule has 5 rings (SSSR count). The number of hydrogen-bond acceptors (Lipinski definition) is 6. The van der Waals surface area contributed by atoms with Crippen molar-refractivity contribution in [2.24, 2.45) is 0 Å². The molecule has 0 radical (unpaired) electrons. The van der Waals surface area contributed by atoms with E-state index in [9.17, 15) is 23.1 Å². The van der Waals surface area contributed by atoms with Gasteiger partial charge >= 0.3 is 6.18 Å². The molecule has 2 heterocycles. The molecule has 2 fully saturated rings. The molecule has 2 aliphatic heterocycles. The van der Waals surface area contributed by atoms with Gasteiger partial charge in [-0.05, 0) is 61.5 Å². The summed E-state index contributed by atoms with van der Waals surface area (Å²) >= 11 is 5.74. The van der Waals surface area contributed by atoms with E-state index in [2.05, 4.69) is 0 Å². The van der Waals surface area contributed by atoms with Crippen LogP contribution in [0.25, 0.3) is 0 Å². The number of amides is 1. The Hall–Kier alpha value is -3.36. The highest BCUT2D eigenvalue weighted by molar-refractivity contribution is 7.81. The molecule has 0 unspecified atom stereocenters. The predicted molar refractivity (Wildman–Crippen MR) is 131 cm³/mol. The summed E-state index contributed by atoms with van der Waals surface area (Å²) < 4.78 is 46.8. The standard InChI is InChI=1S/C25H23F3N4O3S/c1-30-13-18(14-33)35-21-7-6-17(11-20(21)30)32-23(36)31(22(34)24(32)8-2-3-9-24)16-5-4-15(12-29)19(10-16)25(26,27)28/h4-7,10-11,18,33H,2-3,8-9,13-14H2,1H3/t18-/m0/s1. The first-order chi connectivity index (χ1) is 17.1. The van der Waals surface area contributed by atoms with Gasteiger partial charge in [0.25, 0.3) is 5.91 Å². The lowest BCUT2D eigenvalue weighted by molar-refractivity contribution is -0.137. The Morgan fingerprint density at radius 1 is 1.19 bits per heavy atom. The Balaban J connectivity index is 1.60. The van der Waals surface area contributed by atoms with E-state index >= 15 is 0 Å². The van der Waals surface area contributed by atoms with E-state index in [1.165, 1.54) is 11.0 Å². The van der Waals surface area contributed by atoms with Gasteiger partial charge in [-0.3, -0.25) is 9.69 Å². The number of carbonyl (C=O) groups excluding carboxylic acids is 1. The summed E-state index contributed by atoms with van der Waals surface area (Å²) in [5.74, 6) is 0.215. The van der Waals surface area contributed by atoms with Crippen molar-refractivity contribution in [2.75, 3.05) is 34.9 Å². The molecule has 36 heavy (non-hydrogen) atoms. The number of hydrogen-bond donors (Lipinski definition) is 1. The third-order valence-electron chi connectivity index (χ3n) is 7.12. The summed E-state index contributed by atoms with van der Waals surface area (Å²) in [5.41, 5.74) is -1.25. The minimum absolute atomic E-state index is 0.0192. The lowest BCUT2D eigenvalue weighted by atomic mass is 9.94. The summed E-state index contributed by atoms with van der Waals surface area (Å²) in [4.78, 5) is 18.7. The molecule has 11 heteroatoms. The molecule has 1 saturated heterocycles. The molecule has 188 valence electrons. The number of thiocarbonyl (C=S) groups is 1. The number of rotatable bonds is 3. The third-order valence-corrected chi connectivity index (χ3v) is 7.48. The number of benzene rings is 2. The SMILES string of the molecule is CN1C[C@@H](CO)Oc2ccc(N3C(=S)N(c4ccc(C#N)c(C(F)(F)F)c4)C(=O)C34CCCC4)cc21. The molecule has 2 aromatic carbocycles. The molecule has 1 spiro atoms. The van der Waals surface area contributed by atoms with Crippen molar-refractivity contribution in [2.45, 2.75) is 43.5 Å². The Labute approximate surface area is 211 Å². The first-order valence-corrected chi connectivity index (χ1v) is 11.9. The topological polar surface area (TPSA) is 80.0 Å². The molecular formula is C25H23F3N4O3S. The second-order valence-electron chi connectivity index (χ2n) is 9.29. The van der Waals surface area contributed by atoms with Gasteiger partial charge in [-0.15, -0.1) is 0 Å². The normalized spacial score (nSPS) is 21.1. The zero-order valence-electron chi connectivity index (χ0n) is 19.4. The number of halogens is 3. The number of nitrogens with zero attached hydrogens (tertiary/aromatic N) is 4. The minimum Gasteiger partial charge on any atom is -0.484 e. The minimum atomic E-state index is -4.76. The fourth-order valence-corrected chi connectivity index (χ4v) is 5.89. The number of anilines is 3. The highest BCUT2D eigenvalue weighted by atomic mass is 32.1. The summed E-state index contributed by atoms with van der Waals surface area (Å²) in [7, 11) is 1.87. The number of aliphatic hydroxyl groups excluding tert-OH is 1. The molecule has 0 aromatic heterocycles. The van der Waals surface area contributed by atoms with Crippen molar-refractivity contribution < 1.29 is 27.8 Å². The van der Waals surface area contributed by atoms with Gasteiger partial charge in [0.15, 0.2) is 5.11 Å². The lowest BCUT2D eigenvalue weighted by Gasteiger charge is -2.36. The molecule has 2 aromatic rings. The number of likely N-dealkylation sites (N-methyl/N-ethyl adjacent to an activating group) is 1. The molecule has 3 aliphatic rings. The van der Waals surface area contributed by atoms with Crippen molar-refractivity contribution in [1.29, 1.82) is 5.26 Å². The number of nitriles is 1. The van der Waals surface area contributed by atoms with Gasteiger partial charge in [-0.1, -0.05) is 12.8 Å². The van der Waals surface area contributed by atoms with E-state index < -0.39 is 22.8 Å². The molecule has 1 aliphatic carbocycles. The van der Waals surface area contributed by atoms with E-state index in [0.717, 1.165) is 30.7 Å². The second kappa shape index (κ2) is 8.64. The Morgan fingerprint density at radius 3 is 2.53 bits per heavy atom. The maximum atomic E-state index is 13.9. The summed E-state index contributed by atoms with van der Waals surface area (Å²) in [6.07, 6.45) is -2.52. The lowest BCUT2D eigenvalue weighted by Crippen LogP contribution is -2.48. The van der Waals surface area contributed by atoms with Gasteiger partial charge in [0, 0.05) is 12.7 Å². The van der Waals surface area contributed by atoms with Crippen molar-refractivity contribution >= 4 is 40.3 Å². The average Bonchev–Trinajstić information content (AvgIpc) is 3.41. The van der Waals surface area contributed by atoms with Gasteiger partial charge in [0.05, 0.1) is 41.7 Å². The van der Waals surface area contributed by atoms with Crippen LogP contribution in [0.4, 0.5) is 30.2 Å². The molecule has 0 bridgehead atoms. The Morgan fingerprint density at radius 2 is 1.89 bits per heavy atom. The van der Waals surface area contributed by atoms with Crippen molar-refractivity contribution in [1.82, 2.24) is 0 Å². The van der Waals surface area contributed by atoms with Gasteiger partial charge in [-0.25, -0.2) is 0 Å². The zero-order chi connectivity index (χ0) is 25.8. The summed E-state index contributed by atoms with van der Waals surface area (Å²) in [6.45, 7) is 0.345. The van der Waals surface area contributed by atoms with Crippen molar-refractivity contribution in [3.05, 3.63) is 47.5 Å². The van der Waals surface area contributed by atoms with Crippen LogP contribution in [0.5, 0.6) is 5.75 Å². The van der Waals surface area contributed by atoms with E-state index in [0.29, 0.717) is 30.8 Å². The van der Waals surface area contributed by atoms with Gasteiger partial charge < -0.3 is 19.6 Å². The zero-order valence-corrected chi connectivity index (χ0v) is 20.2. The molecule has 1 N–H and O–H groups in total. The molecule has 1 saturated carbocycles. The average molecular weight is 517 g/mol. The van der Waals surface area contributed by atoms with Crippen LogP contribution in [0.1, 0.15) is 36.8 Å². The molecule has 7 nitrogen and oxygen atoms in total. The van der Waals surface area contributed by atoms with Gasteiger partial charge in [0.2, 0.25) is 0 Å². The monoisotopic (exact) mass is 516 g/mol. The number of fused-ring (bicyclic) bond motifs is 1. The molecule has 1 atom stereocenters. The van der Waals surface area contributed by atoms with Crippen LogP contribution < -0.4 is 19.4 Å². The van der Waals surface area contributed by atoms with Crippen LogP contribution in [0, 0.1) is 11.3 Å². The number of alkyl halides is 3. The van der Waals surface area contributed by atoms with Gasteiger partial charge in [0.1, 0.15) is 17.4 Å². The second-order valence-corrected chi connectivity index (χ2v) is 9.66. The smallest absolute Gasteiger partial charge is 0.417 e. The highest BCUT2D eigenvalue weighted by Gasteiger charge is 2.57. The van der Waals surface area contributed by atoms with E-state index in [1.807, 2.05) is 18.0 Å². The first kappa shape index (κ1) is 24.3. The van der Waals surface area contributed by atoms with Crippen LogP contribution in [0.2, 0.25) is 0 Å². The van der Waals surface area contributed by atoms with Crippen LogP contribution >= 0.6 is 12.2 Å². The van der Waals surface area contributed by atoms with E-state index in [4.69, 9.17) is 22.2 Å². The highest BCUT2D eigenvalue weighted by Crippen LogP contribution is 2.48. The van der Waals surface area contributed by atoms with E-state index in [1.54, 1.807) is 23.1 Å². The van der Waals surface area contributed by atoms with Crippen LogP contribution in [-0.4, -0.2) is 48.0 Å². The quantitative estimate of drug-likeness (QED) is 0.612. The summed E-state index contributed by atoms with van der Waals surface area (Å²) in [6, 6.07) is 10.2. The third kappa shape index (κ3) is 3.67. The number of aliphatic hydroxyl groups is 1. The fourth-order valence-electron chi connectivity index (χ4n) is 5.42. The van der Waals surface area contributed by atoms with Crippen molar-refractivity contribution in [3.63, 3.8) is 0 Å². The maximum Gasteiger partial charge on any atom is 0.417 e. The van der Waals surface area contributed by atoms with Crippen LogP contribution in [0.3, 0.4) is 0 Å². The summed E-state index contributed by atoms with van der Waals surface area (Å²) in [5, 5.41) is 18.7. The van der Waals surface area contributed by atoms with Crippen LogP contribution in [-0.2, 0) is 11.0 Å². The first-order valence-electron chi connectivity index (χ1n) is 11.5. The largest absolute Gasteiger partial charge is 0.484 e. The predicted octanol–water partition coefficient (Wildman–Crippen LogP) is 4.22. The number of ether oxygens (including phenoxy) is 1.